The van der Waals surface area contributed by atoms with Gasteiger partial charge in [0.1, 0.15) is 5.82 Å². The molecule has 1 N–H and O–H groups in total. The lowest BCUT2D eigenvalue weighted by Gasteiger charge is -2.31. The molecular weight excluding hydrogens is 613 g/mol. The second-order valence-corrected chi connectivity index (χ2v) is 12.3. The van der Waals surface area contributed by atoms with Gasteiger partial charge >= 0.3 is 6.18 Å². The smallest absolute Gasteiger partial charge is 0.299 e. The Morgan fingerprint density at radius 3 is 2.38 bits per heavy atom. The third kappa shape index (κ3) is 5.81. The van der Waals surface area contributed by atoms with E-state index in [-0.39, 0.29) is 11.7 Å². The number of likely N-dealkylation sites (tertiary alicyclic amines) is 1. The summed E-state index contributed by atoms with van der Waals surface area (Å²) >= 11 is 0. The van der Waals surface area contributed by atoms with Crippen LogP contribution in [-0.4, -0.2) is 52.8 Å². The summed E-state index contributed by atoms with van der Waals surface area (Å²) in [5.41, 5.74) is 7.30. The largest absolute Gasteiger partial charge is 0.416 e. The Labute approximate surface area is 274 Å². The van der Waals surface area contributed by atoms with E-state index in [1.54, 1.807) is 6.07 Å². The third-order valence-corrected chi connectivity index (χ3v) is 9.02. The van der Waals surface area contributed by atoms with Gasteiger partial charge in [0.15, 0.2) is 17.1 Å². The van der Waals surface area contributed by atoms with E-state index < -0.39 is 11.7 Å². The number of benzene rings is 3. The fourth-order valence-electron chi connectivity index (χ4n) is 6.52. The highest BCUT2D eigenvalue weighted by Gasteiger charge is 2.31. The predicted molar refractivity (Wildman–Crippen MR) is 178 cm³/mol. The van der Waals surface area contributed by atoms with Gasteiger partial charge in [-0.05, 0) is 62.2 Å². The molecule has 1 aliphatic rings. The second-order valence-electron chi connectivity index (χ2n) is 12.3. The SMILES string of the molecule is Cc1cc2ncc3cc(-c4ccccc4)c(-c4ccc(CN5CCC(c6nc(-c7cccc(C(F)(F)F)c7)n[nH]6)CC5)cc4)nc3n2n1. The van der Waals surface area contributed by atoms with Gasteiger partial charge in [-0.15, -0.1) is 0 Å². The first kappa shape index (κ1) is 29.9. The molecule has 48 heavy (non-hydrogen) atoms. The minimum Gasteiger partial charge on any atom is -0.299 e. The summed E-state index contributed by atoms with van der Waals surface area (Å²) in [5.74, 6) is 1.18. The van der Waals surface area contributed by atoms with Crippen molar-refractivity contribution in [3.05, 3.63) is 120 Å². The van der Waals surface area contributed by atoms with Gasteiger partial charge in [0.05, 0.1) is 17.0 Å². The lowest BCUT2D eigenvalue weighted by Crippen LogP contribution is -2.32. The van der Waals surface area contributed by atoms with Crippen LogP contribution in [0.1, 0.15) is 41.4 Å². The molecule has 11 heteroatoms. The lowest BCUT2D eigenvalue weighted by molar-refractivity contribution is -0.137. The molecule has 8 nitrogen and oxygen atoms in total. The molecule has 0 atom stereocenters. The predicted octanol–water partition coefficient (Wildman–Crippen LogP) is 8.10. The van der Waals surface area contributed by atoms with Crippen molar-refractivity contribution in [2.24, 2.45) is 0 Å². The molecule has 0 radical (unpaired) electrons. The summed E-state index contributed by atoms with van der Waals surface area (Å²) in [6.45, 7) is 4.53. The first-order valence-corrected chi connectivity index (χ1v) is 15.9. The highest BCUT2D eigenvalue weighted by atomic mass is 19.4. The summed E-state index contributed by atoms with van der Waals surface area (Å²) in [5, 5.41) is 12.8. The number of fused-ring (bicyclic) bond motifs is 3. The molecule has 0 unspecified atom stereocenters. The van der Waals surface area contributed by atoms with E-state index >= 15 is 0 Å². The molecular formula is C37H31F3N8. The molecule has 1 aliphatic heterocycles. The third-order valence-electron chi connectivity index (χ3n) is 9.02. The highest BCUT2D eigenvalue weighted by molar-refractivity contribution is 5.90. The lowest BCUT2D eigenvalue weighted by atomic mass is 9.95. The van der Waals surface area contributed by atoms with Gasteiger partial charge in [-0.1, -0.05) is 66.7 Å². The Bertz CT molecular complexity index is 2230. The van der Waals surface area contributed by atoms with Crippen molar-refractivity contribution in [1.82, 2.24) is 39.7 Å². The monoisotopic (exact) mass is 644 g/mol. The van der Waals surface area contributed by atoms with E-state index in [0.29, 0.717) is 5.56 Å². The second kappa shape index (κ2) is 12.0. The van der Waals surface area contributed by atoms with Crippen molar-refractivity contribution in [3.63, 3.8) is 0 Å². The van der Waals surface area contributed by atoms with Crippen LogP contribution in [0.25, 0.3) is 50.5 Å². The van der Waals surface area contributed by atoms with Crippen molar-refractivity contribution < 1.29 is 13.2 Å². The summed E-state index contributed by atoms with van der Waals surface area (Å²) in [4.78, 5) is 16.8. The van der Waals surface area contributed by atoms with Crippen molar-refractivity contribution >= 4 is 16.7 Å². The Morgan fingerprint density at radius 1 is 0.833 bits per heavy atom. The number of aromatic nitrogens is 7. The zero-order valence-electron chi connectivity index (χ0n) is 26.1. The van der Waals surface area contributed by atoms with Crippen LogP contribution in [-0.2, 0) is 12.7 Å². The summed E-state index contributed by atoms with van der Waals surface area (Å²) in [6.07, 6.45) is -0.787. The maximum absolute atomic E-state index is 13.2. The number of pyridine rings is 1. The molecule has 3 aromatic carbocycles. The van der Waals surface area contributed by atoms with Crippen molar-refractivity contribution in [2.45, 2.75) is 38.4 Å². The Kier molecular flexibility index (Phi) is 7.48. The Balaban J connectivity index is 0.984. The molecule has 1 saturated heterocycles. The molecule has 0 bridgehead atoms. The number of hydrogen-bond donors (Lipinski definition) is 1. The van der Waals surface area contributed by atoms with Gasteiger partial charge in [-0.25, -0.2) is 15.0 Å². The molecule has 0 aliphatic carbocycles. The van der Waals surface area contributed by atoms with Crippen LogP contribution in [0.3, 0.4) is 0 Å². The van der Waals surface area contributed by atoms with E-state index in [0.717, 1.165) is 95.2 Å². The summed E-state index contributed by atoms with van der Waals surface area (Å²) < 4.78 is 41.4. The molecule has 7 aromatic rings. The number of nitrogens with one attached hydrogen (secondary N) is 1. The molecule has 8 rings (SSSR count). The molecule has 0 amide bonds. The van der Waals surface area contributed by atoms with Crippen molar-refractivity contribution in [2.75, 3.05) is 13.1 Å². The van der Waals surface area contributed by atoms with Crippen LogP contribution in [0.15, 0.2) is 97.2 Å². The Hall–Kier alpha value is -5.42. The number of H-pyrrole nitrogens is 1. The minimum absolute atomic E-state index is 0.173. The standard InChI is InChI=1S/C37H31F3N8/c1-23-18-32-41-21-29-20-31(25-6-3-2-4-7-25)33(42-36(29)48(32)46-23)26-12-10-24(11-13-26)22-47-16-14-27(15-17-47)34-43-35(45-44-34)28-8-5-9-30(19-28)37(38,39)40/h2-13,18-21,27H,14-17,22H2,1H3,(H,43,44,45). The van der Waals surface area contributed by atoms with E-state index in [2.05, 4.69) is 72.6 Å². The molecule has 5 heterocycles. The van der Waals surface area contributed by atoms with E-state index in [9.17, 15) is 13.2 Å². The first-order valence-electron chi connectivity index (χ1n) is 15.9. The molecule has 4 aromatic heterocycles. The zero-order chi connectivity index (χ0) is 32.8. The number of aryl methyl sites for hydroxylation is 1. The van der Waals surface area contributed by atoms with Crippen LogP contribution in [0, 0.1) is 6.92 Å². The van der Waals surface area contributed by atoms with Gasteiger partial charge in [0.2, 0.25) is 0 Å². The fraction of sp³-hybridized carbons (Fsp3) is 0.216. The fourth-order valence-corrected chi connectivity index (χ4v) is 6.52. The van der Waals surface area contributed by atoms with Crippen LogP contribution in [0.4, 0.5) is 13.2 Å². The number of alkyl halides is 3. The molecule has 240 valence electrons. The van der Waals surface area contributed by atoms with Crippen molar-refractivity contribution in [1.29, 1.82) is 0 Å². The molecule has 1 fully saturated rings. The molecule has 0 spiro atoms. The zero-order valence-corrected chi connectivity index (χ0v) is 26.1. The van der Waals surface area contributed by atoms with E-state index in [1.165, 1.54) is 11.6 Å². The first-order chi connectivity index (χ1) is 23.3. The quantitative estimate of drug-likeness (QED) is 0.197. The number of rotatable bonds is 6. The normalized spacial score (nSPS) is 14.7. The van der Waals surface area contributed by atoms with Crippen LogP contribution < -0.4 is 0 Å². The maximum Gasteiger partial charge on any atom is 0.416 e. The summed E-state index contributed by atoms with van der Waals surface area (Å²) in [6, 6.07) is 28.1. The highest BCUT2D eigenvalue weighted by Crippen LogP contribution is 2.35. The van der Waals surface area contributed by atoms with Gasteiger partial charge in [-0.2, -0.15) is 27.9 Å². The van der Waals surface area contributed by atoms with Crippen LogP contribution >= 0.6 is 0 Å². The number of halogens is 3. The maximum atomic E-state index is 13.2. The number of hydrogen-bond acceptors (Lipinski definition) is 6. The van der Waals surface area contributed by atoms with Crippen LogP contribution in [0.5, 0.6) is 0 Å². The van der Waals surface area contributed by atoms with Gasteiger partial charge in [0.25, 0.3) is 0 Å². The van der Waals surface area contributed by atoms with Gasteiger partial charge in [-0.3, -0.25) is 10.00 Å². The van der Waals surface area contributed by atoms with E-state index in [1.807, 2.05) is 41.9 Å². The topological polar surface area (TPSA) is 87.9 Å². The number of aromatic amines is 1. The Morgan fingerprint density at radius 2 is 1.60 bits per heavy atom. The van der Waals surface area contributed by atoms with Gasteiger partial charge in [0, 0.05) is 46.8 Å². The van der Waals surface area contributed by atoms with Crippen LogP contribution in [0.2, 0.25) is 0 Å². The minimum atomic E-state index is -4.41. The van der Waals surface area contributed by atoms with Gasteiger partial charge < -0.3 is 0 Å². The van der Waals surface area contributed by atoms with E-state index in [4.69, 9.17) is 4.98 Å². The number of nitrogens with zero attached hydrogens (tertiary/aromatic N) is 7. The average molecular weight is 645 g/mol. The average Bonchev–Trinajstić information content (AvgIpc) is 3.76. The van der Waals surface area contributed by atoms with Crippen molar-refractivity contribution in [3.8, 4) is 33.8 Å². The summed E-state index contributed by atoms with van der Waals surface area (Å²) in [7, 11) is 0. The molecule has 0 saturated carbocycles. The number of piperidine rings is 1.